The highest BCUT2D eigenvalue weighted by molar-refractivity contribution is 7.94. The molecular formula is C30H33FN4S. The zero-order valence-electron chi connectivity index (χ0n) is 20.7. The van der Waals surface area contributed by atoms with Gasteiger partial charge in [-0.3, -0.25) is 0 Å². The fraction of sp³-hybridized carbons (Fsp3) is 0.367. The predicted molar refractivity (Wildman–Crippen MR) is 148 cm³/mol. The molecule has 0 aromatic heterocycles. The molecule has 1 saturated carbocycles. The van der Waals surface area contributed by atoms with E-state index in [9.17, 15) is 4.39 Å². The van der Waals surface area contributed by atoms with Crippen LogP contribution in [0.25, 0.3) is 0 Å². The number of fused-ring (bicyclic) bond motifs is 1. The van der Waals surface area contributed by atoms with E-state index >= 15 is 0 Å². The van der Waals surface area contributed by atoms with Crippen LogP contribution in [0.1, 0.15) is 47.4 Å². The summed E-state index contributed by atoms with van der Waals surface area (Å²) < 4.78 is 18.5. The Morgan fingerprint density at radius 2 is 1.75 bits per heavy atom. The number of piperidine rings is 2. The summed E-state index contributed by atoms with van der Waals surface area (Å²) in [6.07, 6.45) is 5.39. The fourth-order valence-electron chi connectivity index (χ4n) is 6.54. The molecule has 3 atom stereocenters. The number of rotatable bonds is 7. The Balaban J connectivity index is 1.33. The molecule has 2 N–H and O–H groups in total. The molecule has 2 saturated heterocycles. The Kier molecular flexibility index (Phi) is 6.36. The quantitative estimate of drug-likeness (QED) is 0.274. The molecule has 186 valence electrons. The molecular weight excluding hydrogens is 467 g/mol. The molecule has 0 amide bonds. The molecule has 3 aromatic carbocycles. The van der Waals surface area contributed by atoms with Gasteiger partial charge in [-0.1, -0.05) is 36.8 Å². The lowest BCUT2D eigenvalue weighted by molar-refractivity contribution is 0.358. The first-order valence-electron chi connectivity index (χ1n) is 13.0. The Morgan fingerprint density at radius 3 is 2.47 bits per heavy atom. The third-order valence-corrected chi connectivity index (χ3v) is 9.33. The van der Waals surface area contributed by atoms with E-state index in [4.69, 9.17) is 5.41 Å². The van der Waals surface area contributed by atoms with E-state index in [1.54, 1.807) is 12.1 Å². The average Bonchev–Trinajstić information content (AvgIpc) is 3.36. The van der Waals surface area contributed by atoms with Crippen LogP contribution in [0.15, 0.2) is 66.7 Å². The zero-order chi connectivity index (χ0) is 24.7. The average molecular weight is 501 g/mol. The zero-order valence-corrected chi connectivity index (χ0v) is 21.5. The normalized spacial score (nSPS) is 25.9. The topological polar surface area (TPSA) is 42.4 Å². The van der Waals surface area contributed by atoms with Gasteiger partial charge >= 0.3 is 0 Å². The molecule has 36 heavy (non-hydrogen) atoms. The van der Waals surface area contributed by atoms with E-state index in [1.165, 1.54) is 67.4 Å². The Morgan fingerprint density at radius 1 is 1.00 bits per heavy atom. The van der Waals surface area contributed by atoms with Crippen molar-refractivity contribution in [1.29, 1.82) is 5.41 Å². The van der Waals surface area contributed by atoms with Crippen LogP contribution in [0.2, 0.25) is 0 Å². The van der Waals surface area contributed by atoms with E-state index in [2.05, 4.69) is 63.3 Å². The van der Waals surface area contributed by atoms with E-state index in [0.29, 0.717) is 11.8 Å². The van der Waals surface area contributed by atoms with Crippen molar-refractivity contribution in [1.82, 2.24) is 8.61 Å². The second kappa shape index (κ2) is 9.66. The number of nitrogens with one attached hydrogen (secondary N) is 2. The Bertz CT molecular complexity index is 1240. The summed E-state index contributed by atoms with van der Waals surface area (Å²) >= 11 is 1.95. The Labute approximate surface area is 217 Å². The van der Waals surface area contributed by atoms with Crippen LogP contribution in [0.5, 0.6) is 0 Å². The lowest BCUT2D eigenvalue weighted by Gasteiger charge is -2.31. The standard InChI is InChI=1S/C30H33FN4S/c1-21-16-28(33-25-12-10-24(31)11-13-25)23(18-32)17-26(21)30-20-35(36-34-14-6-3-7-15-34)19-27(30)29(30)22-8-4-2-5-9-22/h2,4-5,8-13,16-18,27,29,32-33H,3,6-7,14-15,19-20H2,1H3. The number of halogens is 1. The third-order valence-electron chi connectivity index (χ3n) is 8.23. The molecule has 3 fully saturated rings. The van der Waals surface area contributed by atoms with Crippen molar-refractivity contribution in [2.45, 2.75) is 37.5 Å². The molecule has 2 heterocycles. The molecule has 3 aliphatic rings. The lowest BCUT2D eigenvalue weighted by atomic mass is 9.86. The van der Waals surface area contributed by atoms with Crippen LogP contribution in [0.4, 0.5) is 15.8 Å². The lowest BCUT2D eigenvalue weighted by Crippen LogP contribution is -2.31. The van der Waals surface area contributed by atoms with Gasteiger partial charge in [0.15, 0.2) is 0 Å². The van der Waals surface area contributed by atoms with Gasteiger partial charge in [-0.05, 0) is 78.8 Å². The van der Waals surface area contributed by atoms with Crippen molar-refractivity contribution in [2.24, 2.45) is 5.92 Å². The van der Waals surface area contributed by atoms with E-state index < -0.39 is 0 Å². The van der Waals surface area contributed by atoms with Crippen molar-refractivity contribution < 1.29 is 4.39 Å². The fourth-order valence-corrected chi connectivity index (χ4v) is 7.78. The highest BCUT2D eigenvalue weighted by Gasteiger charge is 2.70. The number of hydrogen-bond donors (Lipinski definition) is 2. The van der Waals surface area contributed by atoms with Crippen LogP contribution < -0.4 is 5.32 Å². The molecule has 3 unspecified atom stereocenters. The maximum absolute atomic E-state index is 13.4. The van der Waals surface area contributed by atoms with E-state index in [1.807, 2.05) is 12.1 Å². The van der Waals surface area contributed by atoms with Crippen LogP contribution in [-0.2, 0) is 5.41 Å². The molecule has 4 nitrogen and oxygen atoms in total. The molecule has 6 rings (SSSR count). The van der Waals surface area contributed by atoms with Gasteiger partial charge in [0.2, 0.25) is 0 Å². The van der Waals surface area contributed by atoms with Gasteiger partial charge in [0.05, 0.1) is 0 Å². The maximum atomic E-state index is 13.4. The van der Waals surface area contributed by atoms with Crippen molar-refractivity contribution in [2.75, 3.05) is 31.5 Å². The largest absolute Gasteiger partial charge is 0.355 e. The van der Waals surface area contributed by atoms with Gasteiger partial charge in [-0.2, -0.15) is 0 Å². The van der Waals surface area contributed by atoms with Crippen LogP contribution >= 0.6 is 12.1 Å². The van der Waals surface area contributed by atoms with Crippen LogP contribution in [-0.4, -0.2) is 41.0 Å². The number of anilines is 2. The van der Waals surface area contributed by atoms with E-state index in [-0.39, 0.29) is 11.2 Å². The molecule has 0 spiro atoms. The highest BCUT2D eigenvalue weighted by Crippen LogP contribution is 2.70. The summed E-state index contributed by atoms with van der Waals surface area (Å²) in [5, 5.41) is 11.6. The van der Waals surface area contributed by atoms with Gasteiger partial charge in [-0.25, -0.2) is 13.0 Å². The summed E-state index contributed by atoms with van der Waals surface area (Å²) in [7, 11) is 0. The minimum Gasteiger partial charge on any atom is -0.355 e. The molecule has 3 aromatic rings. The first-order valence-corrected chi connectivity index (χ1v) is 13.7. The minimum atomic E-state index is -0.251. The molecule has 1 aliphatic carbocycles. The van der Waals surface area contributed by atoms with Crippen molar-refractivity contribution in [3.05, 3.63) is 94.8 Å². The molecule has 0 radical (unpaired) electrons. The minimum absolute atomic E-state index is 0.0698. The first-order chi connectivity index (χ1) is 17.6. The third kappa shape index (κ3) is 4.25. The number of aryl methyl sites for hydroxylation is 1. The van der Waals surface area contributed by atoms with Crippen molar-refractivity contribution in [3.8, 4) is 0 Å². The van der Waals surface area contributed by atoms with Crippen molar-refractivity contribution in [3.63, 3.8) is 0 Å². The summed E-state index contributed by atoms with van der Waals surface area (Å²) in [5.74, 6) is 0.828. The van der Waals surface area contributed by atoms with Gasteiger partial charge in [0, 0.05) is 72.8 Å². The summed E-state index contributed by atoms with van der Waals surface area (Å²) in [6.45, 7) is 6.69. The second-order valence-corrected chi connectivity index (χ2v) is 11.7. The molecule has 6 heteroatoms. The number of nitrogens with zero attached hydrogens (tertiary/aromatic N) is 2. The monoisotopic (exact) mass is 500 g/mol. The van der Waals surface area contributed by atoms with Gasteiger partial charge in [0.1, 0.15) is 5.82 Å². The summed E-state index contributed by atoms with van der Waals surface area (Å²) in [4.78, 5) is 0. The van der Waals surface area contributed by atoms with Gasteiger partial charge < -0.3 is 10.7 Å². The second-order valence-electron chi connectivity index (χ2n) is 10.5. The van der Waals surface area contributed by atoms with Crippen LogP contribution in [0, 0.1) is 24.1 Å². The molecule has 0 bridgehead atoms. The van der Waals surface area contributed by atoms with E-state index in [0.717, 1.165) is 30.0 Å². The summed E-state index contributed by atoms with van der Waals surface area (Å²) in [6, 6.07) is 21.8. The first kappa shape index (κ1) is 23.7. The van der Waals surface area contributed by atoms with Gasteiger partial charge in [-0.15, -0.1) is 0 Å². The SMILES string of the molecule is Cc1cc(Nc2ccc(F)cc2)c(C=N)cc1C12CN(SN3CCCCC3)CC1C2c1ccccc1. The van der Waals surface area contributed by atoms with Crippen LogP contribution in [0.3, 0.4) is 0 Å². The molecule has 2 aliphatic heterocycles. The summed E-state index contributed by atoms with van der Waals surface area (Å²) in [5.41, 5.74) is 6.69. The number of hydrogen-bond acceptors (Lipinski definition) is 5. The van der Waals surface area contributed by atoms with Gasteiger partial charge in [0.25, 0.3) is 0 Å². The van der Waals surface area contributed by atoms with Crippen molar-refractivity contribution >= 4 is 29.7 Å². The number of benzene rings is 3. The highest BCUT2D eigenvalue weighted by atomic mass is 32.2. The maximum Gasteiger partial charge on any atom is 0.123 e. The Hall–Kier alpha value is -2.67. The predicted octanol–water partition coefficient (Wildman–Crippen LogP) is 6.89. The smallest absolute Gasteiger partial charge is 0.123 e.